The van der Waals surface area contributed by atoms with Gasteiger partial charge in [-0.3, -0.25) is 9.36 Å². The first kappa shape index (κ1) is 24.2. The molecule has 0 spiro atoms. The fourth-order valence-corrected chi connectivity index (χ4v) is 5.96. The second-order valence-electron chi connectivity index (χ2n) is 8.07. The van der Waals surface area contributed by atoms with E-state index in [1.165, 1.54) is 29.8 Å². The van der Waals surface area contributed by atoms with Gasteiger partial charge in [0, 0.05) is 9.90 Å². The normalized spacial score (nSPS) is 15.4. The molecule has 1 aliphatic rings. The van der Waals surface area contributed by atoms with Crippen molar-refractivity contribution in [2.45, 2.75) is 19.6 Å². The quantitative estimate of drug-likeness (QED) is 0.335. The fraction of sp³-hybridized carbons (Fsp3) is 0.148. The largest absolute Gasteiger partial charge is 0.489 e. The standard InChI is InChI=1S/C27H21ClN2O4S2/c1-16-23(26(32)33-2)24(21-4-3-13-35-21)30-25(31)22(36-27(30)29-16)14-17-7-11-20(12-8-17)34-15-18-5-9-19(28)10-6-18/h3-14,24H,15H2,1-2H3. The lowest BCUT2D eigenvalue weighted by Crippen LogP contribution is -2.39. The molecule has 36 heavy (non-hydrogen) atoms. The van der Waals surface area contributed by atoms with Crippen molar-refractivity contribution in [3.63, 3.8) is 0 Å². The molecule has 6 nitrogen and oxygen atoms in total. The van der Waals surface area contributed by atoms with Crippen LogP contribution in [0.2, 0.25) is 5.02 Å². The van der Waals surface area contributed by atoms with Gasteiger partial charge in [-0.1, -0.05) is 53.3 Å². The second-order valence-corrected chi connectivity index (χ2v) is 10.5. The molecule has 2 aromatic heterocycles. The summed E-state index contributed by atoms with van der Waals surface area (Å²) >= 11 is 8.72. The Hall–Kier alpha value is -3.46. The van der Waals surface area contributed by atoms with E-state index in [1.54, 1.807) is 11.5 Å². The molecule has 0 amide bonds. The molecule has 182 valence electrons. The van der Waals surface area contributed by atoms with Crippen LogP contribution in [0.5, 0.6) is 5.75 Å². The van der Waals surface area contributed by atoms with Crippen molar-refractivity contribution < 1.29 is 14.3 Å². The van der Waals surface area contributed by atoms with Gasteiger partial charge in [-0.05, 0) is 59.8 Å². The number of thiophene rings is 1. The third kappa shape index (κ3) is 4.80. The Morgan fingerprint density at radius 1 is 1.14 bits per heavy atom. The average molecular weight is 537 g/mol. The number of methoxy groups -OCH3 is 1. The minimum atomic E-state index is -0.570. The highest BCUT2D eigenvalue weighted by atomic mass is 35.5. The maximum Gasteiger partial charge on any atom is 0.338 e. The summed E-state index contributed by atoms with van der Waals surface area (Å²) in [7, 11) is 1.34. The number of hydrogen-bond acceptors (Lipinski definition) is 7. The van der Waals surface area contributed by atoms with E-state index in [-0.39, 0.29) is 5.56 Å². The number of rotatable bonds is 6. The van der Waals surface area contributed by atoms with Crippen molar-refractivity contribution in [1.29, 1.82) is 0 Å². The Kier molecular flexibility index (Phi) is 6.91. The first-order valence-electron chi connectivity index (χ1n) is 11.1. The lowest BCUT2D eigenvalue weighted by atomic mass is 10.0. The molecule has 1 aliphatic heterocycles. The average Bonchev–Trinajstić information content (AvgIpc) is 3.52. The van der Waals surface area contributed by atoms with E-state index < -0.39 is 12.0 Å². The van der Waals surface area contributed by atoms with Crippen molar-refractivity contribution >= 4 is 46.3 Å². The Morgan fingerprint density at radius 3 is 2.56 bits per heavy atom. The van der Waals surface area contributed by atoms with Crippen molar-refractivity contribution in [1.82, 2.24) is 4.57 Å². The van der Waals surface area contributed by atoms with Crippen LogP contribution in [0.4, 0.5) is 0 Å². The fourth-order valence-electron chi connectivity index (χ4n) is 3.97. The summed E-state index contributed by atoms with van der Waals surface area (Å²) in [5, 5.41) is 2.61. The van der Waals surface area contributed by atoms with Gasteiger partial charge >= 0.3 is 5.97 Å². The Morgan fingerprint density at radius 2 is 1.89 bits per heavy atom. The number of aromatic nitrogens is 1. The Bertz CT molecular complexity index is 1620. The van der Waals surface area contributed by atoms with Crippen LogP contribution in [0.3, 0.4) is 0 Å². The maximum atomic E-state index is 13.5. The first-order valence-corrected chi connectivity index (χ1v) is 13.1. The van der Waals surface area contributed by atoms with Crippen LogP contribution in [-0.2, 0) is 16.1 Å². The summed E-state index contributed by atoms with van der Waals surface area (Å²) in [5.41, 5.74) is 2.60. The van der Waals surface area contributed by atoms with Crippen molar-refractivity contribution in [3.05, 3.63) is 118 Å². The molecule has 9 heteroatoms. The summed E-state index contributed by atoms with van der Waals surface area (Å²) in [4.78, 5) is 32.1. The Balaban J connectivity index is 1.46. The van der Waals surface area contributed by atoms with E-state index in [4.69, 9.17) is 21.1 Å². The van der Waals surface area contributed by atoms with E-state index >= 15 is 0 Å². The molecule has 1 atom stereocenters. The predicted octanol–water partition coefficient (Wildman–Crippen LogP) is 4.70. The monoisotopic (exact) mass is 536 g/mol. The zero-order valence-electron chi connectivity index (χ0n) is 19.4. The molecule has 2 aromatic carbocycles. The van der Waals surface area contributed by atoms with Gasteiger partial charge in [0.25, 0.3) is 5.56 Å². The van der Waals surface area contributed by atoms with Gasteiger partial charge in [0.05, 0.1) is 22.9 Å². The number of esters is 1. The maximum absolute atomic E-state index is 13.5. The van der Waals surface area contributed by atoms with Crippen molar-refractivity contribution in [2.75, 3.05) is 7.11 Å². The van der Waals surface area contributed by atoms with Gasteiger partial charge in [-0.2, -0.15) is 0 Å². The highest BCUT2D eigenvalue weighted by Crippen LogP contribution is 2.33. The van der Waals surface area contributed by atoms with Crippen LogP contribution >= 0.6 is 34.3 Å². The number of carbonyl (C=O) groups is 1. The molecule has 1 unspecified atom stereocenters. The number of carbonyl (C=O) groups excluding carboxylic acids is 1. The number of nitrogens with zero attached hydrogens (tertiary/aromatic N) is 2. The Labute approximate surface area is 220 Å². The first-order chi connectivity index (χ1) is 17.4. The van der Waals surface area contributed by atoms with Gasteiger partial charge in [-0.15, -0.1) is 11.3 Å². The van der Waals surface area contributed by atoms with E-state index in [1.807, 2.05) is 72.1 Å². The van der Waals surface area contributed by atoms with Crippen LogP contribution in [0.1, 0.15) is 29.0 Å². The van der Waals surface area contributed by atoms with Crippen LogP contribution in [-0.4, -0.2) is 17.6 Å². The molecule has 0 radical (unpaired) electrons. The molecule has 0 N–H and O–H groups in total. The molecular weight excluding hydrogens is 516 g/mol. The minimum Gasteiger partial charge on any atom is -0.489 e. The highest BCUT2D eigenvalue weighted by molar-refractivity contribution is 7.10. The van der Waals surface area contributed by atoms with E-state index in [0.717, 1.165) is 21.8 Å². The molecule has 3 heterocycles. The van der Waals surface area contributed by atoms with Gasteiger partial charge in [0.2, 0.25) is 0 Å². The molecular formula is C27H21ClN2O4S2. The van der Waals surface area contributed by atoms with Gasteiger partial charge < -0.3 is 9.47 Å². The number of allylic oxidation sites excluding steroid dienone is 1. The molecule has 0 saturated carbocycles. The zero-order chi connectivity index (χ0) is 25.2. The molecule has 0 aliphatic carbocycles. The molecule has 0 bridgehead atoms. The minimum absolute atomic E-state index is 0.200. The third-order valence-electron chi connectivity index (χ3n) is 5.74. The summed E-state index contributed by atoms with van der Waals surface area (Å²) in [5.74, 6) is 0.234. The molecule has 5 rings (SSSR count). The second kappa shape index (κ2) is 10.3. The van der Waals surface area contributed by atoms with Crippen molar-refractivity contribution in [2.24, 2.45) is 4.99 Å². The molecule has 0 fully saturated rings. The van der Waals surface area contributed by atoms with Gasteiger partial charge in [0.1, 0.15) is 18.4 Å². The summed E-state index contributed by atoms with van der Waals surface area (Å²) in [6.45, 7) is 2.20. The summed E-state index contributed by atoms with van der Waals surface area (Å²) in [6.07, 6.45) is 1.83. The van der Waals surface area contributed by atoms with Gasteiger partial charge in [-0.25, -0.2) is 9.79 Å². The number of hydrogen-bond donors (Lipinski definition) is 0. The molecule has 4 aromatic rings. The zero-order valence-corrected chi connectivity index (χ0v) is 21.8. The van der Waals surface area contributed by atoms with Crippen LogP contribution in [0.25, 0.3) is 6.08 Å². The number of fused-ring (bicyclic) bond motifs is 1. The SMILES string of the molecule is COC(=O)C1=C(C)N=c2sc(=Cc3ccc(OCc4ccc(Cl)cc4)cc3)c(=O)n2C1c1cccs1. The third-order valence-corrected chi connectivity index (χ3v) is 7.90. The number of thiazole rings is 1. The van der Waals surface area contributed by atoms with Gasteiger partial charge in [0.15, 0.2) is 4.80 Å². The van der Waals surface area contributed by atoms with E-state index in [2.05, 4.69) is 4.99 Å². The van der Waals surface area contributed by atoms with Crippen LogP contribution < -0.4 is 19.6 Å². The summed E-state index contributed by atoms with van der Waals surface area (Å²) in [6, 6.07) is 18.3. The number of halogens is 1. The lowest BCUT2D eigenvalue weighted by molar-refractivity contribution is -0.136. The van der Waals surface area contributed by atoms with Crippen LogP contribution in [0.15, 0.2) is 87.1 Å². The summed E-state index contributed by atoms with van der Waals surface area (Å²) < 4.78 is 13.0. The van der Waals surface area contributed by atoms with Crippen LogP contribution in [0, 0.1) is 0 Å². The topological polar surface area (TPSA) is 69.9 Å². The van der Waals surface area contributed by atoms with E-state index in [0.29, 0.717) is 32.2 Å². The smallest absolute Gasteiger partial charge is 0.338 e. The lowest BCUT2D eigenvalue weighted by Gasteiger charge is -2.22. The van der Waals surface area contributed by atoms with Crippen molar-refractivity contribution in [3.8, 4) is 5.75 Å². The van der Waals surface area contributed by atoms with E-state index in [9.17, 15) is 9.59 Å². The number of benzene rings is 2. The predicted molar refractivity (Wildman–Crippen MR) is 142 cm³/mol. The molecule has 0 saturated heterocycles. The highest BCUT2D eigenvalue weighted by Gasteiger charge is 2.33. The number of ether oxygens (including phenoxy) is 2.